The Hall–Kier alpha value is -4.48. The van der Waals surface area contributed by atoms with Crippen LogP contribution in [0.15, 0.2) is 48.5 Å². The van der Waals surface area contributed by atoms with E-state index < -0.39 is 54.2 Å². The Labute approximate surface area is 192 Å². The number of benzene rings is 2. The van der Waals surface area contributed by atoms with Crippen molar-refractivity contribution in [2.45, 2.75) is 31.3 Å². The largest absolute Gasteiger partial charge is 0.481 e. The van der Waals surface area contributed by atoms with Crippen molar-refractivity contribution in [3.05, 3.63) is 65.5 Å². The van der Waals surface area contributed by atoms with Crippen molar-refractivity contribution in [2.24, 2.45) is 0 Å². The summed E-state index contributed by atoms with van der Waals surface area (Å²) in [5.41, 5.74) is 0.588. The summed E-state index contributed by atoms with van der Waals surface area (Å²) in [6, 6.07) is 6.46. The van der Waals surface area contributed by atoms with Crippen molar-refractivity contribution in [1.29, 1.82) is 0 Å². The van der Waals surface area contributed by atoms with Gasteiger partial charge in [0.25, 0.3) is 0 Å². The minimum Gasteiger partial charge on any atom is -0.481 e. The monoisotopic (exact) mass is 476 g/mol. The lowest BCUT2D eigenvalue weighted by Crippen LogP contribution is -2.51. The highest BCUT2D eigenvalue weighted by Crippen LogP contribution is 2.16. The molecule has 0 aliphatic heterocycles. The number of hydrogen-bond donors (Lipinski definition) is 5. The average molecular weight is 476 g/mol. The van der Waals surface area contributed by atoms with Crippen molar-refractivity contribution in [3.8, 4) is 5.75 Å². The molecular formula is C22H21FN2O9. The lowest BCUT2D eigenvalue weighted by Gasteiger charge is -2.18. The van der Waals surface area contributed by atoms with Crippen LogP contribution in [0.2, 0.25) is 0 Å². The summed E-state index contributed by atoms with van der Waals surface area (Å²) in [5, 5.41) is 31.3. The van der Waals surface area contributed by atoms with E-state index in [-0.39, 0.29) is 24.2 Å². The molecule has 11 nitrogen and oxygen atoms in total. The lowest BCUT2D eigenvalue weighted by molar-refractivity contribution is -0.140. The number of urea groups is 1. The van der Waals surface area contributed by atoms with Crippen LogP contribution in [0.3, 0.4) is 0 Å². The molecule has 2 aromatic carbocycles. The molecule has 0 spiro atoms. The number of aliphatic carboxylic acids is 3. The quantitative estimate of drug-likeness (QED) is 0.238. The van der Waals surface area contributed by atoms with Gasteiger partial charge < -0.3 is 30.7 Å². The van der Waals surface area contributed by atoms with E-state index >= 15 is 0 Å². The highest BCUT2D eigenvalue weighted by molar-refractivity contribution is 5.91. The molecule has 0 unspecified atom stereocenters. The molecule has 2 amide bonds. The predicted octanol–water partition coefficient (Wildman–Crippen LogP) is 1.66. The number of carbonyl (C=O) groups is 5. The van der Waals surface area contributed by atoms with Gasteiger partial charge in [0.05, 0.1) is 5.56 Å². The minimum atomic E-state index is -1.51. The topological polar surface area (TPSA) is 179 Å². The normalized spacial score (nSPS) is 12.1. The minimum absolute atomic E-state index is 0.134. The molecule has 0 bridgehead atoms. The maximum atomic E-state index is 13.0. The zero-order chi connectivity index (χ0) is 25.3. The smallest absolute Gasteiger partial charge is 0.343 e. The molecule has 34 heavy (non-hydrogen) atoms. The Morgan fingerprint density at radius 2 is 1.38 bits per heavy atom. The second-order valence-corrected chi connectivity index (χ2v) is 7.08. The van der Waals surface area contributed by atoms with Gasteiger partial charge in [0.15, 0.2) is 0 Å². The summed E-state index contributed by atoms with van der Waals surface area (Å²) in [5.74, 6) is -5.17. The Morgan fingerprint density at radius 3 is 1.91 bits per heavy atom. The van der Waals surface area contributed by atoms with Crippen LogP contribution >= 0.6 is 0 Å². The zero-order valence-corrected chi connectivity index (χ0v) is 17.6. The molecule has 0 saturated carbocycles. The Kier molecular flexibility index (Phi) is 9.06. The number of carboxylic acids is 3. The summed E-state index contributed by atoms with van der Waals surface area (Å²) >= 11 is 0. The summed E-state index contributed by atoms with van der Waals surface area (Å²) in [6.07, 6.45) is -1.06. The fourth-order valence-electron chi connectivity index (χ4n) is 2.76. The van der Waals surface area contributed by atoms with E-state index in [1.54, 1.807) is 0 Å². The van der Waals surface area contributed by atoms with Crippen LogP contribution in [0.4, 0.5) is 9.18 Å². The third-order valence-corrected chi connectivity index (χ3v) is 4.51. The van der Waals surface area contributed by atoms with Crippen LogP contribution in [0.5, 0.6) is 5.75 Å². The Bertz CT molecular complexity index is 1060. The molecule has 5 N–H and O–H groups in total. The molecule has 2 atom stereocenters. The van der Waals surface area contributed by atoms with Gasteiger partial charge >= 0.3 is 29.9 Å². The van der Waals surface area contributed by atoms with Crippen LogP contribution in [0, 0.1) is 5.82 Å². The maximum Gasteiger partial charge on any atom is 0.343 e. The van der Waals surface area contributed by atoms with E-state index in [0.29, 0.717) is 5.56 Å². The van der Waals surface area contributed by atoms with Gasteiger partial charge in [-0.2, -0.15) is 0 Å². The zero-order valence-electron chi connectivity index (χ0n) is 17.6. The summed E-state index contributed by atoms with van der Waals surface area (Å²) in [6.45, 7) is 0. The first kappa shape index (κ1) is 25.8. The van der Waals surface area contributed by atoms with E-state index in [4.69, 9.17) is 14.9 Å². The number of rotatable bonds is 11. The number of halogens is 1. The van der Waals surface area contributed by atoms with Crippen molar-refractivity contribution in [3.63, 3.8) is 0 Å². The molecule has 180 valence electrons. The number of hydrogen-bond acceptors (Lipinski definition) is 6. The van der Waals surface area contributed by atoms with Gasteiger partial charge in [-0.05, 0) is 48.4 Å². The van der Waals surface area contributed by atoms with Crippen LogP contribution in [-0.4, -0.2) is 57.3 Å². The number of nitrogens with one attached hydrogen (secondary N) is 2. The lowest BCUT2D eigenvalue weighted by atomic mass is 10.1. The number of ether oxygens (including phenoxy) is 1. The maximum absolute atomic E-state index is 13.0. The molecule has 0 radical (unpaired) electrons. The van der Waals surface area contributed by atoms with Crippen molar-refractivity contribution >= 4 is 29.9 Å². The predicted molar refractivity (Wildman–Crippen MR) is 113 cm³/mol. The molecule has 0 fully saturated rings. The van der Waals surface area contributed by atoms with Crippen LogP contribution in [-0.2, 0) is 20.8 Å². The molecule has 0 heterocycles. The second-order valence-electron chi connectivity index (χ2n) is 7.08. The fraction of sp³-hybridized carbons (Fsp3) is 0.227. The molecule has 0 aromatic heterocycles. The van der Waals surface area contributed by atoms with Crippen molar-refractivity contribution < 1.29 is 48.4 Å². The van der Waals surface area contributed by atoms with Gasteiger partial charge in [0.2, 0.25) is 0 Å². The molecule has 0 saturated heterocycles. The third kappa shape index (κ3) is 8.22. The van der Waals surface area contributed by atoms with E-state index in [1.165, 1.54) is 36.4 Å². The van der Waals surface area contributed by atoms with E-state index in [0.717, 1.165) is 12.1 Å². The van der Waals surface area contributed by atoms with Crippen molar-refractivity contribution in [1.82, 2.24) is 10.6 Å². The van der Waals surface area contributed by atoms with Gasteiger partial charge in [-0.15, -0.1) is 0 Å². The van der Waals surface area contributed by atoms with Gasteiger partial charge in [-0.1, -0.05) is 12.1 Å². The number of esters is 1. The molecule has 12 heteroatoms. The molecule has 0 aliphatic carbocycles. The molecule has 2 aromatic rings. The fourth-order valence-corrected chi connectivity index (χ4v) is 2.76. The van der Waals surface area contributed by atoms with E-state index in [2.05, 4.69) is 5.32 Å². The van der Waals surface area contributed by atoms with Crippen LogP contribution in [0.1, 0.15) is 28.8 Å². The highest BCUT2D eigenvalue weighted by atomic mass is 19.1. The first-order chi connectivity index (χ1) is 16.0. The third-order valence-electron chi connectivity index (χ3n) is 4.51. The average Bonchev–Trinajstić information content (AvgIpc) is 2.77. The Balaban J connectivity index is 1.96. The first-order valence-electron chi connectivity index (χ1n) is 9.86. The van der Waals surface area contributed by atoms with Gasteiger partial charge in [-0.3, -0.25) is 4.79 Å². The van der Waals surface area contributed by atoms with E-state index in [9.17, 15) is 33.5 Å². The summed E-state index contributed by atoms with van der Waals surface area (Å²) in [4.78, 5) is 57.4. The van der Waals surface area contributed by atoms with Crippen LogP contribution in [0.25, 0.3) is 0 Å². The van der Waals surface area contributed by atoms with Crippen LogP contribution < -0.4 is 15.4 Å². The molecule has 2 rings (SSSR count). The molecular weight excluding hydrogens is 455 g/mol. The number of carbonyl (C=O) groups excluding carboxylic acids is 2. The standard InChI is InChI=1S/C22H21FN2O9/c23-14-5-3-13(4-6-14)21(32)34-15-7-1-12(2-8-15)11-17(20(30)31)25-22(33)24-16(19(28)29)9-10-18(26)27/h1-8,16-17H,9-11H2,(H,26,27)(H,28,29)(H,30,31)(H2,24,25,33)/t16-,17-/m0/s1. The first-order valence-corrected chi connectivity index (χ1v) is 9.86. The highest BCUT2D eigenvalue weighted by Gasteiger charge is 2.25. The molecule has 0 aliphatic rings. The van der Waals surface area contributed by atoms with Gasteiger partial charge in [0.1, 0.15) is 23.7 Å². The Morgan fingerprint density at radius 1 is 0.824 bits per heavy atom. The summed E-state index contributed by atoms with van der Waals surface area (Å²) in [7, 11) is 0. The summed E-state index contributed by atoms with van der Waals surface area (Å²) < 4.78 is 18.1. The second kappa shape index (κ2) is 11.9. The SMILES string of the molecule is O=C(O)CC[C@H](NC(=O)N[C@@H](Cc1ccc(OC(=O)c2ccc(F)cc2)cc1)C(=O)O)C(=O)O. The van der Waals surface area contributed by atoms with Gasteiger partial charge in [-0.25, -0.2) is 23.6 Å². The van der Waals surface area contributed by atoms with Gasteiger partial charge in [0, 0.05) is 12.8 Å². The van der Waals surface area contributed by atoms with E-state index in [1.807, 2.05) is 5.32 Å². The van der Waals surface area contributed by atoms with Crippen molar-refractivity contribution in [2.75, 3.05) is 0 Å². The number of carboxylic acid groups (broad SMARTS) is 3. The number of amides is 2.